The van der Waals surface area contributed by atoms with E-state index < -0.39 is 5.97 Å². The average molecular weight is 268 g/mol. The van der Waals surface area contributed by atoms with Crippen LogP contribution in [0.5, 0.6) is 0 Å². The van der Waals surface area contributed by atoms with E-state index in [0.717, 1.165) is 5.56 Å². The summed E-state index contributed by atoms with van der Waals surface area (Å²) in [4.78, 5) is 21.9. The number of rotatable bonds is 7. The molecule has 106 valence electrons. The van der Waals surface area contributed by atoms with Gasteiger partial charge in [-0.2, -0.15) is 5.10 Å². The highest BCUT2D eigenvalue weighted by molar-refractivity contribution is 5.74. The molecule has 0 fully saturated rings. The van der Waals surface area contributed by atoms with Gasteiger partial charge in [-0.25, -0.2) is 4.79 Å². The number of carbonyl (C=O) groups is 2. The Hall–Kier alpha value is -2.05. The van der Waals surface area contributed by atoms with Crippen molar-refractivity contribution in [3.05, 3.63) is 18.0 Å². The summed E-state index contributed by atoms with van der Waals surface area (Å²) < 4.78 is 1.67. The van der Waals surface area contributed by atoms with E-state index >= 15 is 0 Å². The van der Waals surface area contributed by atoms with Crippen LogP contribution in [0.2, 0.25) is 0 Å². The van der Waals surface area contributed by atoms with Gasteiger partial charge in [-0.1, -0.05) is 0 Å². The Balaban J connectivity index is 2.17. The molecule has 0 aliphatic rings. The monoisotopic (exact) mass is 268 g/mol. The SMILES string of the molecule is CC(CCCC(=O)O)NC(=O)NCc1cnn(C)c1. The minimum Gasteiger partial charge on any atom is -0.481 e. The van der Waals surface area contributed by atoms with Crippen molar-refractivity contribution < 1.29 is 14.7 Å². The number of aryl methyl sites for hydroxylation is 1. The predicted octanol–water partition coefficient (Wildman–Crippen LogP) is 0.863. The zero-order chi connectivity index (χ0) is 14.3. The molecule has 19 heavy (non-hydrogen) atoms. The first-order chi connectivity index (χ1) is 8.97. The van der Waals surface area contributed by atoms with Crippen molar-refractivity contribution in [2.45, 2.75) is 38.8 Å². The molecule has 1 aromatic heterocycles. The summed E-state index contributed by atoms with van der Waals surface area (Å²) in [6.07, 6.45) is 4.85. The highest BCUT2D eigenvalue weighted by Gasteiger charge is 2.08. The quantitative estimate of drug-likeness (QED) is 0.683. The Labute approximate surface area is 112 Å². The van der Waals surface area contributed by atoms with Gasteiger partial charge in [-0.15, -0.1) is 0 Å². The van der Waals surface area contributed by atoms with Crippen LogP contribution in [-0.2, 0) is 18.4 Å². The van der Waals surface area contributed by atoms with Crippen LogP contribution in [0.25, 0.3) is 0 Å². The molecule has 1 atom stereocenters. The Morgan fingerprint density at radius 3 is 2.84 bits per heavy atom. The predicted molar refractivity (Wildman–Crippen MR) is 69.5 cm³/mol. The van der Waals surface area contributed by atoms with Gasteiger partial charge in [-0.05, 0) is 19.8 Å². The Morgan fingerprint density at radius 1 is 1.53 bits per heavy atom. The first kappa shape index (κ1) is 15.0. The fourth-order valence-corrected chi connectivity index (χ4v) is 1.65. The van der Waals surface area contributed by atoms with Gasteiger partial charge in [0.15, 0.2) is 0 Å². The number of aliphatic carboxylic acids is 1. The van der Waals surface area contributed by atoms with Crippen molar-refractivity contribution in [1.29, 1.82) is 0 Å². The number of carboxylic acids is 1. The van der Waals surface area contributed by atoms with Gasteiger partial charge < -0.3 is 15.7 Å². The lowest BCUT2D eigenvalue weighted by Crippen LogP contribution is -2.40. The van der Waals surface area contributed by atoms with Gasteiger partial charge in [0.1, 0.15) is 0 Å². The zero-order valence-corrected chi connectivity index (χ0v) is 11.2. The van der Waals surface area contributed by atoms with Crippen molar-refractivity contribution >= 4 is 12.0 Å². The normalized spacial score (nSPS) is 11.9. The molecule has 0 saturated carbocycles. The average Bonchev–Trinajstić information content (AvgIpc) is 2.72. The molecule has 1 heterocycles. The van der Waals surface area contributed by atoms with Gasteiger partial charge in [0.05, 0.1) is 6.20 Å². The van der Waals surface area contributed by atoms with E-state index in [1.165, 1.54) is 0 Å². The first-order valence-corrected chi connectivity index (χ1v) is 6.21. The van der Waals surface area contributed by atoms with Gasteiger partial charge in [0.2, 0.25) is 0 Å². The smallest absolute Gasteiger partial charge is 0.315 e. The fraction of sp³-hybridized carbons (Fsp3) is 0.583. The van der Waals surface area contributed by atoms with Gasteiger partial charge in [0.25, 0.3) is 0 Å². The second-order valence-electron chi connectivity index (χ2n) is 4.54. The number of urea groups is 1. The van der Waals surface area contributed by atoms with E-state index in [1.807, 2.05) is 20.2 Å². The van der Waals surface area contributed by atoms with Crippen molar-refractivity contribution in [3.8, 4) is 0 Å². The first-order valence-electron chi connectivity index (χ1n) is 6.21. The summed E-state index contributed by atoms with van der Waals surface area (Å²) in [5.41, 5.74) is 0.927. The van der Waals surface area contributed by atoms with E-state index in [4.69, 9.17) is 5.11 Å². The van der Waals surface area contributed by atoms with E-state index in [1.54, 1.807) is 10.9 Å². The molecule has 0 bridgehead atoms. The Bertz CT molecular complexity index is 430. The number of aromatic nitrogens is 2. The van der Waals surface area contributed by atoms with Crippen molar-refractivity contribution in [2.75, 3.05) is 0 Å². The molecular formula is C12H20N4O3. The molecule has 0 spiro atoms. The molecule has 2 amide bonds. The number of nitrogens with zero attached hydrogens (tertiary/aromatic N) is 2. The van der Waals surface area contributed by atoms with Crippen LogP contribution in [0.3, 0.4) is 0 Å². The van der Waals surface area contributed by atoms with Crippen molar-refractivity contribution in [2.24, 2.45) is 7.05 Å². The van der Waals surface area contributed by atoms with Crippen LogP contribution in [0, 0.1) is 0 Å². The topological polar surface area (TPSA) is 96.2 Å². The van der Waals surface area contributed by atoms with Gasteiger partial charge >= 0.3 is 12.0 Å². The highest BCUT2D eigenvalue weighted by atomic mass is 16.4. The fourth-order valence-electron chi connectivity index (χ4n) is 1.65. The van der Waals surface area contributed by atoms with Gasteiger partial charge in [0, 0.05) is 37.8 Å². The van der Waals surface area contributed by atoms with Crippen molar-refractivity contribution in [1.82, 2.24) is 20.4 Å². The minimum atomic E-state index is -0.812. The number of carbonyl (C=O) groups excluding carboxylic acids is 1. The summed E-state index contributed by atoms with van der Waals surface area (Å²) in [5, 5.41) is 18.0. The second-order valence-corrected chi connectivity index (χ2v) is 4.54. The molecule has 1 aromatic rings. The van der Waals surface area contributed by atoms with Gasteiger partial charge in [-0.3, -0.25) is 9.48 Å². The molecule has 1 rings (SSSR count). The molecule has 3 N–H and O–H groups in total. The molecule has 0 saturated heterocycles. The van der Waals surface area contributed by atoms with E-state index in [0.29, 0.717) is 19.4 Å². The van der Waals surface area contributed by atoms with Crippen LogP contribution in [0.1, 0.15) is 31.7 Å². The van der Waals surface area contributed by atoms with Crippen LogP contribution in [0.4, 0.5) is 4.79 Å². The zero-order valence-electron chi connectivity index (χ0n) is 11.2. The van der Waals surface area contributed by atoms with Crippen LogP contribution in [0.15, 0.2) is 12.4 Å². The lowest BCUT2D eigenvalue weighted by molar-refractivity contribution is -0.137. The van der Waals surface area contributed by atoms with Crippen molar-refractivity contribution in [3.63, 3.8) is 0 Å². The molecule has 0 aromatic carbocycles. The molecule has 0 radical (unpaired) electrons. The summed E-state index contributed by atoms with van der Waals surface area (Å²) in [6.45, 7) is 2.27. The molecule has 7 heteroatoms. The maximum atomic E-state index is 11.6. The maximum Gasteiger partial charge on any atom is 0.315 e. The third-order valence-corrected chi connectivity index (χ3v) is 2.62. The third kappa shape index (κ3) is 6.44. The van der Waals surface area contributed by atoms with Crippen LogP contribution >= 0.6 is 0 Å². The number of carboxylic acid groups (broad SMARTS) is 1. The summed E-state index contributed by atoms with van der Waals surface area (Å²) in [7, 11) is 1.81. The molecule has 7 nitrogen and oxygen atoms in total. The third-order valence-electron chi connectivity index (χ3n) is 2.62. The summed E-state index contributed by atoms with van der Waals surface area (Å²) >= 11 is 0. The Morgan fingerprint density at radius 2 is 2.26 bits per heavy atom. The lowest BCUT2D eigenvalue weighted by Gasteiger charge is -2.13. The lowest BCUT2D eigenvalue weighted by atomic mass is 10.1. The number of nitrogens with one attached hydrogen (secondary N) is 2. The second kappa shape index (κ2) is 7.40. The Kier molecular flexibility index (Phi) is 5.84. The summed E-state index contributed by atoms with van der Waals surface area (Å²) in [6, 6.07) is -0.306. The number of amides is 2. The highest BCUT2D eigenvalue weighted by Crippen LogP contribution is 2.00. The van der Waals surface area contributed by atoms with E-state index in [-0.39, 0.29) is 18.5 Å². The number of hydrogen-bond acceptors (Lipinski definition) is 3. The molecule has 0 aliphatic heterocycles. The summed E-state index contributed by atoms with van der Waals surface area (Å²) in [5.74, 6) is -0.812. The standard InChI is InChI=1S/C12H20N4O3/c1-9(4-3-5-11(17)18)15-12(19)13-6-10-7-14-16(2)8-10/h7-9H,3-6H2,1-2H3,(H,17,18)(H2,13,15,19). The van der Waals surface area contributed by atoms with E-state index in [2.05, 4.69) is 15.7 Å². The minimum absolute atomic E-state index is 0.0479. The van der Waals surface area contributed by atoms with Crippen LogP contribution < -0.4 is 10.6 Å². The number of hydrogen-bond donors (Lipinski definition) is 3. The van der Waals surface area contributed by atoms with Crippen LogP contribution in [-0.4, -0.2) is 32.9 Å². The molecule has 0 aliphatic carbocycles. The molecular weight excluding hydrogens is 248 g/mol. The largest absolute Gasteiger partial charge is 0.481 e. The maximum absolute atomic E-state index is 11.6. The van der Waals surface area contributed by atoms with E-state index in [9.17, 15) is 9.59 Å². The molecule has 1 unspecified atom stereocenters.